The summed E-state index contributed by atoms with van der Waals surface area (Å²) in [5, 5.41) is 8.59. The Morgan fingerprint density at radius 1 is 1.43 bits per heavy atom. The molecule has 1 N–H and O–H groups in total. The summed E-state index contributed by atoms with van der Waals surface area (Å²) in [6, 6.07) is 0. The Balaban J connectivity index is 4.13. The second kappa shape index (κ2) is 5.66. The largest absolute Gasteiger partial charge is 0.481 e. The summed E-state index contributed by atoms with van der Waals surface area (Å²) in [4.78, 5) is 12.5. The fourth-order valence-electron chi connectivity index (χ4n) is 1.21. The fourth-order valence-corrected chi connectivity index (χ4v) is 1.21. The van der Waals surface area contributed by atoms with Crippen molar-refractivity contribution < 1.29 is 9.90 Å². The van der Waals surface area contributed by atoms with Crippen molar-refractivity contribution in [1.29, 1.82) is 0 Å². The minimum absolute atomic E-state index is 0.0215. The molecule has 0 saturated carbocycles. The summed E-state index contributed by atoms with van der Waals surface area (Å²) in [6.07, 6.45) is 6.02. The Hall–Kier alpha value is -1.01. The molecular formula is C11H19NO2. The van der Waals surface area contributed by atoms with Crippen LogP contribution < -0.4 is 0 Å². The van der Waals surface area contributed by atoms with E-state index >= 15 is 0 Å². The molecule has 0 aromatic carbocycles. The summed E-state index contributed by atoms with van der Waals surface area (Å²) >= 11 is 0. The number of carbonyl (C=O) groups is 1. The van der Waals surface area contributed by atoms with Crippen LogP contribution in [0, 0.1) is 12.3 Å². The van der Waals surface area contributed by atoms with Crippen molar-refractivity contribution in [1.82, 2.24) is 4.90 Å². The molecule has 0 aliphatic heterocycles. The Morgan fingerprint density at radius 3 is 2.36 bits per heavy atom. The second-order valence-corrected chi connectivity index (χ2v) is 4.26. The van der Waals surface area contributed by atoms with E-state index in [-0.39, 0.29) is 12.0 Å². The third-order valence-electron chi connectivity index (χ3n) is 2.07. The molecule has 0 amide bonds. The molecule has 0 aromatic rings. The van der Waals surface area contributed by atoms with E-state index in [0.717, 1.165) is 6.54 Å². The lowest BCUT2D eigenvalue weighted by molar-refractivity contribution is -0.137. The van der Waals surface area contributed by atoms with Gasteiger partial charge in [0.2, 0.25) is 0 Å². The number of nitrogens with zero attached hydrogens (tertiary/aromatic N) is 1. The molecule has 0 atom stereocenters. The van der Waals surface area contributed by atoms with Crippen LogP contribution in [-0.4, -0.2) is 34.6 Å². The Kier molecular flexibility index (Phi) is 5.26. The number of terminal acetylenes is 1. The average molecular weight is 197 g/mol. The van der Waals surface area contributed by atoms with Gasteiger partial charge in [0.15, 0.2) is 0 Å². The van der Waals surface area contributed by atoms with Crippen molar-refractivity contribution in [2.75, 3.05) is 13.1 Å². The molecule has 0 spiro atoms. The van der Waals surface area contributed by atoms with Crippen LogP contribution in [0.3, 0.4) is 0 Å². The third kappa shape index (κ3) is 5.60. The number of aliphatic carboxylic acids is 1. The van der Waals surface area contributed by atoms with Gasteiger partial charge in [-0.25, -0.2) is 0 Å². The molecule has 14 heavy (non-hydrogen) atoms. The summed E-state index contributed by atoms with van der Waals surface area (Å²) in [5.41, 5.74) is -0.0215. The van der Waals surface area contributed by atoms with E-state index in [4.69, 9.17) is 11.5 Å². The standard InChI is InChI=1S/C11H19NO2/c1-5-6-8-12(11(2,3)4)9-7-10(13)14/h1H,6-9H2,2-4H3,(H,13,14). The second-order valence-electron chi connectivity index (χ2n) is 4.26. The number of rotatable bonds is 5. The highest BCUT2D eigenvalue weighted by Crippen LogP contribution is 2.13. The maximum absolute atomic E-state index is 10.4. The first-order chi connectivity index (χ1) is 6.38. The van der Waals surface area contributed by atoms with Crippen molar-refractivity contribution in [2.45, 2.75) is 39.2 Å². The minimum Gasteiger partial charge on any atom is -0.481 e. The van der Waals surface area contributed by atoms with E-state index in [2.05, 4.69) is 31.6 Å². The lowest BCUT2D eigenvalue weighted by Crippen LogP contribution is -2.43. The van der Waals surface area contributed by atoms with Gasteiger partial charge in [-0.1, -0.05) is 0 Å². The van der Waals surface area contributed by atoms with Gasteiger partial charge in [0, 0.05) is 25.0 Å². The highest BCUT2D eigenvalue weighted by Gasteiger charge is 2.20. The van der Waals surface area contributed by atoms with Crippen molar-refractivity contribution in [3.8, 4) is 12.3 Å². The van der Waals surface area contributed by atoms with Crippen LogP contribution in [0.1, 0.15) is 33.6 Å². The number of carboxylic acid groups (broad SMARTS) is 1. The van der Waals surface area contributed by atoms with E-state index in [1.807, 2.05) is 0 Å². The molecule has 0 fully saturated rings. The zero-order valence-electron chi connectivity index (χ0n) is 9.21. The van der Waals surface area contributed by atoms with Crippen molar-refractivity contribution in [2.24, 2.45) is 0 Å². The predicted molar refractivity (Wildman–Crippen MR) is 57.0 cm³/mol. The van der Waals surface area contributed by atoms with Crippen LogP contribution in [0.15, 0.2) is 0 Å². The van der Waals surface area contributed by atoms with Crippen LogP contribution in [0.4, 0.5) is 0 Å². The topological polar surface area (TPSA) is 40.5 Å². The van der Waals surface area contributed by atoms with Crippen molar-refractivity contribution in [3.05, 3.63) is 0 Å². The Morgan fingerprint density at radius 2 is 2.00 bits per heavy atom. The minimum atomic E-state index is -0.764. The van der Waals surface area contributed by atoms with Gasteiger partial charge in [-0.3, -0.25) is 9.69 Å². The lowest BCUT2D eigenvalue weighted by Gasteiger charge is -2.34. The van der Waals surface area contributed by atoms with E-state index in [9.17, 15) is 4.79 Å². The first kappa shape index (κ1) is 13.0. The van der Waals surface area contributed by atoms with Crippen LogP contribution in [0.2, 0.25) is 0 Å². The van der Waals surface area contributed by atoms with Gasteiger partial charge in [-0.2, -0.15) is 0 Å². The molecular weight excluding hydrogens is 178 g/mol. The van der Waals surface area contributed by atoms with Crippen LogP contribution in [-0.2, 0) is 4.79 Å². The lowest BCUT2D eigenvalue weighted by atomic mass is 10.1. The van der Waals surface area contributed by atoms with Gasteiger partial charge in [0.1, 0.15) is 0 Å². The maximum atomic E-state index is 10.4. The molecule has 3 heteroatoms. The molecule has 0 aliphatic rings. The first-order valence-corrected chi connectivity index (χ1v) is 4.78. The summed E-state index contributed by atoms with van der Waals surface area (Å²) in [6.45, 7) is 7.50. The van der Waals surface area contributed by atoms with Gasteiger partial charge in [-0.15, -0.1) is 12.3 Å². The van der Waals surface area contributed by atoms with Crippen molar-refractivity contribution in [3.63, 3.8) is 0 Å². The molecule has 0 rings (SSSR count). The van der Waals surface area contributed by atoms with Gasteiger partial charge in [0.05, 0.1) is 6.42 Å². The zero-order valence-corrected chi connectivity index (χ0v) is 9.21. The maximum Gasteiger partial charge on any atom is 0.304 e. The normalized spacial score (nSPS) is 11.4. The zero-order chi connectivity index (χ0) is 11.2. The molecule has 0 bridgehead atoms. The highest BCUT2D eigenvalue weighted by molar-refractivity contribution is 5.66. The van der Waals surface area contributed by atoms with Crippen LogP contribution in [0.5, 0.6) is 0 Å². The summed E-state index contributed by atoms with van der Waals surface area (Å²) in [5.74, 6) is 1.80. The van der Waals surface area contributed by atoms with Gasteiger partial charge < -0.3 is 5.11 Å². The van der Waals surface area contributed by atoms with E-state index in [1.165, 1.54) is 0 Å². The Bertz CT molecular complexity index is 222. The van der Waals surface area contributed by atoms with Crippen molar-refractivity contribution >= 4 is 5.97 Å². The molecule has 0 aliphatic carbocycles. The summed E-state index contributed by atoms with van der Waals surface area (Å²) in [7, 11) is 0. The van der Waals surface area contributed by atoms with E-state index < -0.39 is 5.97 Å². The third-order valence-corrected chi connectivity index (χ3v) is 2.07. The molecule has 0 aromatic heterocycles. The molecule has 0 saturated heterocycles. The Labute approximate surface area is 86.1 Å². The smallest absolute Gasteiger partial charge is 0.304 e. The molecule has 80 valence electrons. The molecule has 0 unspecified atom stereocenters. The number of hydrogen-bond acceptors (Lipinski definition) is 2. The highest BCUT2D eigenvalue weighted by atomic mass is 16.4. The average Bonchev–Trinajstić information content (AvgIpc) is 2.01. The van der Waals surface area contributed by atoms with E-state index in [1.54, 1.807) is 0 Å². The first-order valence-electron chi connectivity index (χ1n) is 4.78. The predicted octanol–water partition coefficient (Wildman–Crippen LogP) is 1.58. The van der Waals surface area contributed by atoms with Gasteiger partial charge in [0.25, 0.3) is 0 Å². The van der Waals surface area contributed by atoms with Gasteiger partial charge in [-0.05, 0) is 20.8 Å². The van der Waals surface area contributed by atoms with Crippen LogP contribution >= 0.6 is 0 Å². The summed E-state index contributed by atoms with van der Waals surface area (Å²) < 4.78 is 0. The fraction of sp³-hybridized carbons (Fsp3) is 0.727. The monoisotopic (exact) mass is 197 g/mol. The van der Waals surface area contributed by atoms with Gasteiger partial charge >= 0.3 is 5.97 Å². The SMILES string of the molecule is C#CCCN(CCC(=O)O)C(C)(C)C. The molecule has 0 heterocycles. The number of hydrogen-bond donors (Lipinski definition) is 1. The number of carboxylic acids is 1. The van der Waals surface area contributed by atoms with Crippen LogP contribution in [0.25, 0.3) is 0 Å². The molecule has 3 nitrogen and oxygen atoms in total. The van der Waals surface area contributed by atoms with E-state index in [0.29, 0.717) is 13.0 Å². The molecule has 0 radical (unpaired) electrons. The quantitative estimate of drug-likeness (QED) is 0.680.